The molecule has 3 aromatic rings. The van der Waals surface area contributed by atoms with Crippen LogP contribution in [0.5, 0.6) is 0 Å². The van der Waals surface area contributed by atoms with Crippen molar-refractivity contribution in [1.29, 1.82) is 0 Å². The van der Waals surface area contributed by atoms with E-state index in [0.29, 0.717) is 37.1 Å². The van der Waals surface area contributed by atoms with Gasteiger partial charge in [-0.05, 0) is 50.1 Å². The first-order valence-electron chi connectivity index (χ1n) is 13.5. The number of hydrogen-bond acceptors (Lipinski definition) is 4. The summed E-state index contributed by atoms with van der Waals surface area (Å²) in [6.07, 6.45) is 0.862. The molecule has 7 heteroatoms. The number of benzene rings is 3. The SMILES string of the molecule is Cc1ccc(C(=O)N2CCC3(CC2)OC[C@@H](C(=O)N[C@H](C)c2ccccc2)N3C(=O)c2ccccc2C)cc1. The van der Waals surface area contributed by atoms with Crippen molar-refractivity contribution >= 4 is 17.7 Å². The fourth-order valence-corrected chi connectivity index (χ4v) is 5.58. The van der Waals surface area contributed by atoms with Crippen LogP contribution in [0.25, 0.3) is 0 Å². The van der Waals surface area contributed by atoms with Gasteiger partial charge in [0.05, 0.1) is 12.6 Å². The predicted octanol–water partition coefficient (Wildman–Crippen LogP) is 4.65. The Kier molecular flexibility index (Phi) is 7.53. The fourth-order valence-electron chi connectivity index (χ4n) is 5.58. The molecule has 2 saturated heterocycles. The van der Waals surface area contributed by atoms with E-state index in [-0.39, 0.29) is 30.4 Å². The summed E-state index contributed by atoms with van der Waals surface area (Å²) in [5, 5.41) is 3.09. The van der Waals surface area contributed by atoms with Gasteiger partial charge in [-0.1, -0.05) is 66.2 Å². The van der Waals surface area contributed by atoms with E-state index in [1.54, 1.807) is 15.9 Å². The van der Waals surface area contributed by atoms with Crippen LogP contribution in [-0.4, -0.2) is 59.0 Å². The molecule has 1 N–H and O–H groups in total. The van der Waals surface area contributed by atoms with Crippen molar-refractivity contribution in [3.8, 4) is 0 Å². The molecule has 7 nitrogen and oxygen atoms in total. The minimum atomic E-state index is -0.957. The van der Waals surface area contributed by atoms with Gasteiger partial charge in [-0.3, -0.25) is 19.3 Å². The van der Waals surface area contributed by atoms with Crippen molar-refractivity contribution < 1.29 is 19.1 Å². The number of nitrogens with zero attached hydrogens (tertiary/aromatic N) is 2. The molecule has 1 spiro atoms. The minimum absolute atomic E-state index is 0.0365. The summed E-state index contributed by atoms with van der Waals surface area (Å²) >= 11 is 0. The van der Waals surface area contributed by atoms with Gasteiger partial charge < -0.3 is 15.0 Å². The molecule has 2 aliphatic rings. The second-order valence-corrected chi connectivity index (χ2v) is 10.6. The van der Waals surface area contributed by atoms with Crippen molar-refractivity contribution in [2.75, 3.05) is 19.7 Å². The van der Waals surface area contributed by atoms with Gasteiger partial charge in [-0.2, -0.15) is 0 Å². The molecule has 2 atom stereocenters. The van der Waals surface area contributed by atoms with Crippen LogP contribution >= 0.6 is 0 Å². The highest BCUT2D eigenvalue weighted by molar-refractivity contribution is 5.99. The van der Waals surface area contributed by atoms with E-state index in [4.69, 9.17) is 4.74 Å². The quantitative estimate of drug-likeness (QED) is 0.526. The summed E-state index contributed by atoms with van der Waals surface area (Å²) in [6, 6.07) is 23.7. The zero-order valence-corrected chi connectivity index (χ0v) is 22.7. The van der Waals surface area contributed by atoms with Gasteiger partial charge in [0.25, 0.3) is 11.8 Å². The number of carbonyl (C=O) groups is 3. The summed E-state index contributed by atoms with van der Waals surface area (Å²) in [4.78, 5) is 44.3. The number of hydrogen-bond donors (Lipinski definition) is 1. The lowest BCUT2D eigenvalue weighted by atomic mass is 9.95. The molecule has 0 saturated carbocycles. The monoisotopic (exact) mass is 525 g/mol. The van der Waals surface area contributed by atoms with Gasteiger partial charge >= 0.3 is 0 Å². The molecule has 2 fully saturated rings. The summed E-state index contributed by atoms with van der Waals surface area (Å²) in [7, 11) is 0. The Morgan fingerprint density at radius 2 is 1.51 bits per heavy atom. The number of rotatable bonds is 5. The molecule has 2 aliphatic heterocycles. The average molecular weight is 526 g/mol. The standard InChI is InChI=1S/C32H35N3O4/c1-22-13-15-26(16-14-22)30(37)34-19-17-32(18-20-34)35(31(38)27-12-8-7-9-23(27)2)28(21-39-32)29(36)33-24(3)25-10-5-4-6-11-25/h4-16,24,28H,17-21H2,1-3H3,(H,33,36)/t24-,28+/m1/s1. The molecule has 3 amide bonds. The van der Waals surface area contributed by atoms with Crippen LogP contribution in [0.15, 0.2) is 78.9 Å². The first-order chi connectivity index (χ1) is 18.8. The third-order valence-corrected chi connectivity index (χ3v) is 7.95. The van der Waals surface area contributed by atoms with Crippen molar-refractivity contribution in [3.05, 3.63) is 107 Å². The van der Waals surface area contributed by atoms with E-state index in [9.17, 15) is 14.4 Å². The Hall–Kier alpha value is -3.97. The highest BCUT2D eigenvalue weighted by atomic mass is 16.5. The van der Waals surface area contributed by atoms with Crippen molar-refractivity contribution in [2.45, 2.75) is 51.4 Å². The van der Waals surface area contributed by atoms with Crippen LogP contribution in [-0.2, 0) is 9.53 Å². The Morgan fingerprint density at radius 3 is 2.18 bits per heavy atom. The molecule has 3 aromatic carbocycles. The third-order valence-electron chi connectivity index (χ3n) is 7.95. The zero-order chi connectivity index (χ0) is 27.6. The number of ether oxygens (including phenoxy) is 1. The van der Waals surface area contributed by atoms with Crippen LogP contribution in [0.3, 0.4) is 0 Å². The van der Waals surface area contributed by atoms with E-state index in [1.807, 2.05) is 93.6 Å². The van der Waals surface area contributed by atoms with Gasteiger partial charge in [-0.15, -0.1) is 0 Å². The Morgan fingerprint density at radius 1 is 0.872 bits per heavy atom. The second kappa shape index (κ2) is 11.0. The smallest absolute Gasteiger partial charge is 0.257 e. The van der Waals surface area contributed by atoms with Crippen LogP contribution in [0.1, 0.15) is 63.2 Å². The van der Waals surface area contributed by atoms with Crippen molar-refractivity contribution in [2.24, 2.45) is 0 Å². The predicted molar refractivity (Wildman–Crippen MR) is 149 cm³/mol. The van der Waals surface area contributed by atoms with E-state index in [2.05, 4.69) is 5.32 Å². The van der Waals surface area contributed by atoms with Gasteiger partial charge in [0.1, 0.15) is 11.8 Å². The Balaban J connectivity index is 1.39. The first-order valence-corrected chi connectivity index (χ1v) is 13.5. The molecule has 0 radical (unpaired) electrons. The van der Waals surface area contributed by atoms with Gasteiger partial charge in [0, 0.05) is 37.1 Å². The zero-order valence-electron chi connectivity index (χ0n) is 22.7. The molecule has 0 unspecified atom stereocenters. The molecule has 2 heterocycles. The lowest BCUT2D eigenvalue weighted by Gasteiger charge is -2.44. The fraction of sp³-hybridized carbons (Fsp3) is 0.344. The molecule has 5 rings (SSSR count). The van der Waals surface area contributed by atoms with E-state index in [1.165, 1.54) is 0 Å². The molecule has 0 aliphatic carbocycles. The summed E-state index contributed by atoms with van der Waals surface area (Å²) in [5.74, 6) is -0.509. The van der Waals surface area contributed by atoms with Crippen molar-refractivity contribution in [3.63, 3.8) is 0 Å². The number of aryl methyl sites for hydroxylation is 2. The highest BCUT2D eigenvalue weighted by Gasteiger charge is 2.54. The Labute approximate surface area is 229 Å². The maximum absolute atomic E-state index is 14.1. The van der Waals surface area contributed by atoms with Crippen LogP contribution < -0.4 is 5.32 Å². The second-order valence-electron chi connectivity index (χ2n) is 10.6. The molecule has 0 bridgehead atoms. The molecule has 202 valence electrons. The largest absolute Gasteiger partial charge is 0.353 e. The summed E-state index contributed by atoms with van der Waals surface area (Å²) < 4.78 is 6.35. The Bertz CT molecular complexity index is 1350. The number of likely N-dealkylation sites (tertiary alicyclic amines) is 1. The maximum Gasteiger partial charge on any atom is 0.257 e. The summed E-state index contributed by atoms with van der Waals surface area (Å²) in [5.41, 5.74) is 3.16. The van der Waals surface area contributed by atoms with Crippen LogP contribution in [0, 0.1) is 13.8 Å². The summed E-state index contributed by atoms with van der Waals surface area (Å²) in [6.45, 7) is 6.78. The molecular formula is C32H35N3O4. The molecular weight excluding hydrogens is 490 g/mol. The maximum atomic E-state index is 14.1. The third kappa shape index (κ3) is 5.32. The van der Waals surface area contributed by atoms with E-state index in [0.717, 1.165) is 16.7 Å². The average Bonchev–Trinajstić information content (AvgIpc) is 3.32. The topological polar surface area (TPSA) is 79.0 Å². The molecule has 0 aromatic heterocycles. The highest BCUT2D eigenvalue weighted by Crippen LogP contribution is 2.39. The lowest BCUT2D eigenvalue weighted by molar-refractivity contribution is -0.128. The van der Waals surface area contributed by atoms with Crippen molar-refractivity contribution in [1.82, 2.24) is 15.1 Å². The first kappa shape index (κ1) is 26.6. The van der Waals surface area contributed by atoms with Crippen LogP contribution in [0.2, 0.25) is 0 Å². The number of amides is 3. The van der Waals surface area contributed by atoms with Gasteiger partial charge in [-0.25, -0.2) is 0 Å². The number of nitrogens with one attached hydrogen (secondary N) is 1. The lowest BCUT2D eigenvalue weighted by Crippen LogP contribution is -2.60. The minimum Gasteiger partial charge on any atom is -0.353 e. The van der Waals surface area contributed by atoms with E-state index >= 15 is 0 Å². The van der Waals surface area contributed by atoms with Gasteiger partial charge in [0.2, 0.25) is 5.91 Å². The number of piperidine rings is 1. The van der Waals surface area contributed by atoms with Crippen LogP contribution in [0.4, 0.5) is 0 Å². The number of carbonyl (C=O) groups excluding carboxylic acids is 3. The molecule has 39 heavy (non-hydrogen) atoms. The van der Waals surface area contributed by atoms with E-state index < -0.39 is 11.8 Å². The van der Waals surface area contributed by atoms with Gasteiger partial charge in [0.15, 0.2) is 0 Å². The normalized spacial score (nSPS) is 19.1.